The van der Waals surface area contributed by atoms with Crippen LogP contribution in [0.15, 0.2) is 146 Å². The van der Waals surface area contributed by atoms with Crippen LogP contribution < -0.4 is 4.90 Å². The first-order valence-corrected chi connectivity index (χ1v) is 14.3. The Kier molecular flexibility index (Phi) is 5.20. The molecule has 2 heteroatoms. The van der Waals surface area contributed by atoms with E-state index in [1.165, 1.54) is 66.8 Å². The second-order valence-corrected chi connectivity index (χ2v) is 11.5. The van der Waals surface area contributed by atoms with Gasteiger partial charge in [0.2, 0.25) is 0 Å². The number of fused-ring (bicyclic) bond motifs is 5. The molecule has 0 aliphatic carbocycles. The van der Waals surface area contributed by atoms with Crippen LogP contribution in [0.2, 0.25) is 0 Å². The van der Waals surface area contributed by atoms with E-state index in [-0.39, 0.29) is 5.41 Å². The van der Waals surface area contributed by atoms with Crippen molar-refractivity contribution in [2.45, 2.75) is 19.3 Å². The van der Waals surface area contributed by atoms with E-state index in [1.807, 2.05) is 0 Å². The van der Waals surface area contributed by atoms with Gasteiger partial charge in [0.15, 0.2) is 0 Å². The minimum Gasteiger partial charge on any atom is -0.310 e. The van der Waals surface area contributed by atoms with E-state index in [9.17, 15) is 0 Å². The van der Waals surface area contributed by atoms with Crippen LogP contribution in [0.5, 0.6) is 0 Å². The molecule has 2 nitrogen and oxygen atoms in total. The van der Waals surface area contributed by atoms with E-state index in [4.69, 9.17) is 0 Å². The van der Waals surface area contributed by atoms with Crippen LogP contribution in [0.3, 0.4) is 0 Å². The van der Waals surface area contributed by atoms with Gasteiger partial charge in [0.1, 0.15) is 0 Å². The Balaban J connectivity index is 1.24. The zero-order valence-electron chi connectivity index (χ0n) is 23.3. The summed E-state index contributed by atoms with van der Waals surface area (Å²) in [5.74, 6) is 0. The smallest absolute Gasteiger partial charge is 0.0541 e. The molecule has 41 heavy (non-hydrogen) atoms. The fourth-order valence-electron chi connectivity index (χ4n) is 6.76. The molecule has 0 N–H and O–H groups in total. The highest BCUT2D eigenvalue weighted by molar-refractivity contribution is 6.10. The number of para-hydroxylation sites is 4. The minimum absolute atomic E-state index is 0.0576. The molecule has 1 aromatic heterocycles. The third kappa shape index (κ3) is 3.57. The quantitative estimate of drug-likeness (QED) is 0.222. The summed E-state index contributed by atoms with van der Waals surface area (Å²) < 4.78 is 2.37. The summed E-state index contributed by atoms with van der Waals surface area (Å²) in [7, 11) is 0. The highest BCUT2D eigenvalue weighted by Gasteiger charge is 2.36. The van der Waals surface area contributed by atoms with E-state index in [1.54, 1.807) is 0 Å². The monoisotopic (exact) mass is 526 g/mol. The van der Waals surface area contributed by atoms with Crippen LogP contribution in [0.4, 0.5) is 17.1 Å². The zero-order valence-corrected chi connectivity index (χ0v) is 23.3. The van der Waals surface area contributed by atoms with Gasteiger partial charge >= 0.3 is 0 Å². The van der Waals surface area contributed by atoms with E-state index < -0.39 is 0 Å². The normalized spacial score (nSPS) is 13.8. The Bertz CT molecular complexity index is 2010. The van der Waals surface area contributed by atoms with Crippen LogP contribution in [0.25, 0.3) is 38.6 Å². The largest absolute Gasteiger partial charge is 0.310 e. The number of rotatable bonds is 3. The summed E-state index contributed by atoms with van der Waals surface area (Å²) in [5, 5.41) is 2.54. The lowest BCUT2D eigenvalue weighted by Gasteiger charge is -2.42. The summed E-state index contributed by atoms with van der Waals surface area (Å²) in [5.41, 5.74) is 12.4. The molecule has 0 radical (unpaired) electrons. The average Bonchev–Trinajstić information content (AvgIpc) is 3.36. The molecule has 0 unspecified atom stereocenters. The molecule has 0 saturated carbocycles. The Labute approximate surface area is 240 Å². The highest BCUT2D eigenvalue weighted by atomic mass is 15.2. The third-order valence-electron chi connectivity index (χ3n) is 8.78. The third-order valence-corrected chi connectivity index (χ3v) is 8.78. The van der Waals surface area contributed by atoms with E-state index in [0.717, 1.165) is 0 Å². The summed E-state index contributed by atoms with van der Waals surface area (Å²) in [6, 6.07) is 52.9. The Morgan fingerprint density at radius 1 is 0.439 bits per heavy atom. The van der Waals surface area contributed by atoms with Crippen molar-refractivity contribution in [1.29, 1.82) is 0 Å². The molecule has 1 aliphatic heterocycles. The van der Waals surface area contributed by atoms with Crippen molar-refractivity contribution in [3.8, 4) is 16.8 Å². The Hall–Kier alpha value is -5.08. The number of benzene rings is 6. The molecular weight excluding hydrogens is 496 g/mol. The van der Waals surface area contributed by atoms with Crippen molar-refractivity contribution in [2.75, 3.05) is 4.90 Å². The molecule has 6 aromatic carbocycles. The first-order chi connectivity index (χ1) is 20.1. The molecule has 196 valence electrons. The molecule has 2 heterocycles. The lowest BCUT2D eigenvalue weighted by atomic mass is 9.73. The van der Waals surface area contributed by atoms with Crippen LogP contribution >= 0.6 is 0 Å². The van der Waals surface area contributed by atoms with Crippen LogP contribution in [-0.4, -0.2) is 4.57 Å². The second kappa shape index (κ2) is 8.97. The van der Waals surface area contributed by atoms with Gasteiger partial charge in [-0.2, -0.15) is 0 Å². The maximum absolute atomic E-state index is 2.41. The molecule has 7 aromatic rings. The molecule has 0 bridgehead atoms. The van der Waals surface area contributed by atoms with Gasteiger partial charge in [-0.25, -0.2) is 0 Å². The molecule has 1 aliphatic rings. The Morgan fingerprint density at radius 3 is 1.71 bits per heavy atom. The SMILES string of the molecule is CC1(C)c2ccccc2N(c2ccc(-c3ccc4c(c3)c3ccccc3n4-c3ccccc3)cc2)c2ccccc21. The second-order valence-electron chi connectivity index (χ2n) is 11.5. The number of hydrogen-bond acceptors (Lipinski definition) is 1. The summed E-state index contributed by atoms with van der Waals surface area (Å²) >= 11 is 0. The standard InChI is InChI=1S/C39H30N2/c1-39(2)33-15-7-10-18-37(33)41(38-19-11-8-16-34(38)39)30-23-20-27(21-24-30)28-22-25-36-32(26-28)31-14-6-9-17-35(31)40(36)29-12-4-3-5-13-29/h3-26H,1-2H3. The molecule has 0 fully saturated rings. The number of hydrogen-bond donors (Lipinski definition) is 0. The van der Waals surface area contributed by atoms with Gasteiger partial charge in [-0.15, -0.1) is 0 Å². The number of aromatic nitrogens is 1. The lowest BCUT2D eigenvalue weighted by Crippen LogP contribution is -2.30. The predicted molar refractivity (Wildman–Crippen MR) is 173 cm³/mol. The van der Waals surface area contributed by atoms with Crippen molar-refractivity contribution >= 4 is 38.9 Å². The first kappa shape index (κ1) is 23.8. The van der Waals surface area contributed by atoms with Crippen molar-refractivity contribution in [1.82, 2.24) is 4.57 Å². The maximum atomic E-state index is 2.41. The summed E-state index contributed by atoms with van der Waals surface area (Å²) in [6.45, 7) is 4.66. The van der Waals surface area contributed by atoms with Gasteiger partial charge in [0, 0.05) is 27.6 Å². The number of nitrogens with zero attached hydrogens (tertiary/aromatic N) is 2. The zero-order chi connectivity index (χ0) is 27.6. The average molecular weight is 527 g/mol. The summed E-state index contributed by atoms with van der Waals surface area (Å²) in [4.78, 5) is 2.41. The molecule has 0 atom stereocenters. The van der Waals surface area contributed by atoms with Crippen LogP contribution in [0.1, 0.15) is 25.0 Å². The van der Waals surface area contributed by atoms with Crippen molar-refractivity contribution < 1.29 is 0 Å². The van der Waals surface area contributed by atoms with Gasteiger partial charge in [-0.3, -0.25) is 0 Å². The van der Waals surface area contributed by atoms with Gasteiger partial charge in [-0.05, 0) is 76.9 Å². The minimum atomic E-state index is -0.0576. The highest BCUT2D eigenvalue weighted by Crippen LogP contribution is 2.51. The topological polar surface area (TPSA) is 8.17 Å². The maximum Gasteiger partial charge on any atom is 0.0541 e. The van der Waals surface area contributed by atoms with Gasteiger partial charge in [0.25, 0.3) is 0 Å². The van der Waals surface area contributed by atoms with Crippen molar-refractivity contribution in [3.05, 3.63) is 157 Å². The summed E-state index contributed by atoms with van der Waals surface area (Å²) in [6.07, 6.45) is 0. The van der Waals surface area contributed by atoms with Gasteiger partial charge in [0.05, 0.1) is 22.4 Å². The fourth-order valence-corrected chi connectivity index (χ4v) is 6.76. The molecule has 0 saturated heterocycles. The molecule has 8 rings (SSSR count). The molecule has 0 amide bonds. The van der Waals surface area contributed by atoms with Gasteiger partial charge in [-0.1, -0.05) is 105 Å². The van der Waals surface area contributed by atoms with E-state index in [0.29, 0.717) is 0 Å². The fraction of sp³-hybridized carbons (Fsp3) is 0.0769. The van der Waals surface area contributed by atoms with Crippen LogP contribution in [-0.2, 0) is 5.41 Å². The van der Waals surface area contributed by atoms with Crippen molar-refractivity contribution in [2.24, 2.45) is 0 Å². The van der Waals surface area contributed by atoms with Crippen LogP contribution in [0, 0.1) is 0 Å². The van der Waals surface area contributed by atoms with Crippen molar-refractivity contribution in [3.63, 3.8) is 0 Å². The first-order valence-electron chi connectivity index (χ1n) is 14.3. The predicted octanol–water partition coefficient (Wildman–Crippen LogP) is 10.6. The lowest BCUT2D eigenvalue weighted by molar-refractivity contribution is 0.632. The van der Waals surface area contributed by atoms with E-state index >= 15 is 0 Å². The number of anilines is 3. The molecule has 0 spiro atoms. The molecular formula is C39H30N2. The van der Waals surface area contributed by atoms with E-state index in [2.05, 4.69) is 169 Å². The van der Waals surface area contributed by atoms with Gasteiger partial charge < -0.3 is 9.47 Å². The Morgan fingerprint density at radius 2 is 1.00 bits per heavy atom.